The molecule has 0 heterocycles. The largest absolute Gasteiger partial charge is 0.472 e. The van der Waals surface area contributed by atoms with Gasteiger partial charge >= 0.3 is 19.8 Å². The molecule has 0 aliphatic heterocycles. The summed E-state index contributed by atoms with van der Waals surface area (Å²) in [6, 6.07) is 0. The second kappa shape index (κ2) is 69.3. The lowest BCUT2D eigenvalue weighted by molar-refractivity contribution is -0.870. The van der Waals surface area contributed by atoms with E-state index in [0.29, 0.717) is 23.9 Å². The lowest BCUT2D eigenvalue weighted by Gasteiger charge is -2.24. The standard InChI is InChI=1S/C78H148NO8P/c1-6-8-10-12-14-16-18-20-22-24-26-28-30-32-33-34-35-36-37-38-39-40-41-42-43-44-45-47-48-50-52-54-56-58-60-62-64-66-68-70-77(80)84-74-76(75-86-88(82,83)85-73-72-79(3,4)5)87-78(81)71-69-67-65-63-61-59-57-55-53-51-49-46-31-29-27-25-23-21-19-17-15-13-11-9-7-2/h9,11,15,17,21,23,27,29,76H,6-8,10,12-14,16,18-20,22,24-26,28,30-75H2,1-5H3/p+1/b11-9-,17-15-,23-21-,29-27-. The van der Waals surface area contributed by atoms with E-state index < -0.39 is 26.5 Å². The summed E-state index contributed by atoms with van der Waals surface area (Å²) in [4.78, 5) is 35.9. The van der Waals surface area contributed by atoms with Crippen molar-refractivity contribution in [2.45, 2.75) is 392 Å². The first-order valence-corrected chi connectivity index (χ1v) is 39.9. The molecule has 0 saturated carbocycles. The molecular weight excluding hydrogens is 1110 g/mol. The zero-order valence-corrected chi connectivity index (χ0v) is 60.1. The molecule has 0 radical (unpaired) electrons. The van der Waals surface area contributed by atoms with Crippen LogP contribution in [0.15, 0.2) is 48.6 Å². The molecule has 0 aliphatic rings. The highest BCUT2D eigenvalue weighted by atomic mass is 31.2. The Hall–Kier alpha value is -2.03. The zero-order valence-electron chi connectivity index (χ0n) is 59.2. The number of carbonyl (C=O) groups is 2. The van der Waals surface area contributed by atoms with Gasteiger partial charge in [0, 0.05) is 12.8 Å². The van der Waals surface area contributed by atoms with Crippen LogP contribution >= 0.6 is 7.82 Å². The van der Waals surface area contributed by atoms with Crippen LogP contribution in [-0.2, 0) is 32.7 Å². The van der Waals surface area contributed by atoms with Crippen LogP contribution in [0.2, 0.25) is 0 Å². The summed E-state index contributed by atoms with van der Waals surface area (Å²) in [7, 11) is 1.49. The molecular formula is C78H149NO8P+. The first-order valence-electron chi connectivity index (χ1n) is 38.4. The van der Waals surface area contributed by atoms with Gasteiger partial charge in [0.05, 0.1) is 27.7 Å². The van der Waals surface area contributed by atoms with Crippen LogP contribution in [0.5, 0.6) is 0 Å². The van der Waals surface area contributed by atoms with Gasteiger partial charge in [0.1, 0.15) is 19.8 Å². The number of nitrogens with zero attached hydrogens (tertiary/aromatic N) is 1. The van der Waals surface area contributed by atoms with Crippen molar-refractivity contribution in [3.05, 3.63) is 48.6 Å². The molecule has 1 N–H and O–H groups in total. The molecule has 0 saturated heterocycles. The molecule has 0 fully saturated rings. The number of phosphoric ester groups is 1. The van der Waals surface area contributed by atoms with E-state index in [1.165, 1.54) is 289 Å². The van der Waals surface area contributed by atoms with Crippen molar-refractivity contribution in [1.29, 1.82) is 0 Å². The Morgan fingerprint density at radius 3 is 0.966 bits per heavy atom. The minimum atomic E-state index is -4.39. The van der Waals surface area contributed by atoms with E-state index in [1.807, 2.05) is 21.1 Å². The first kappa shape index (κ1) is 86.0. The predicted octanol–water partition coefficient (Wildman–Crippen LogP) is 25.2. The molecule has 0 rings (SSSR count). The summed E-state index contributed by atoms with van der Waals surface area (Å²) in [5.74, 6) is -0.781. The Balaban J connectivity index is 3.89. The van der Waals surface area contributed by atoms with Crippen molar-refractivity contribution < 1.29 is 42.1 Å². The van der Waals surface area contributed by atoms with Gasteiger partial charge in [-0.1, -0.05) is 371 Å². The summed E-state index contributed by atoms with van der Waals surface area (Å²) in [5.41, 5.74) is 0. The molecule has 0 bridgehead atoms. The second-order valence-corrected chi connectivity index (χ2v) is 28.8. The Bertz CT molecular complexity index is 1620. The van der Waals surface area contributed by atoms with Crippen molar-refractivity contribution in [2.75, 3.05) is 47.5 Å². The third kappa shape index (κ3) is 73.0. The molecule has 9 nitrogen and oxygen atoms in total. The highest BCUT2D eigenvalue weighted by Crippen LogP contribution is 2.43. The number of quaternary nitrogens is 1. The normalized spacial score (nSPS) is 13.3. The van der Waals surface area contributed by atoms with Crippen molar-refractivity contribution in [1.82, 2.24) is 0 Å². The SMILES string of the molecule is CC/C=C\C/C=C\C/C=C\C/C=C\CCCCCCCCCCCCCCC(=O)OC(COC(=O)CCCCCCCCCCCCCCCCCCCCCCCCCCCCCCCCCCCCCCCCC)COP(=O)(O)OCC[N+](C)(C)C. The van der Waals surface area contributed by atoms with E-state index in [-0.39, 0.29) is 25.6 Å². The first-order chi connectivity index (χ1) is 43.0. The number of hydrogen-bond donors (Lipinski definition) is 1. The van der Waals surface area contributed by atoms with Gasteiger partial charge in [0.2, 0.25) is 0 Å². The van der Waals surface area contributed by atoms with Crippen LogP contribution in [0.3, 0.4) is 0 Å². The Morgan fingerprint density at radius 1 is 0.364 bits per heavy atom. The zero-order chi connectivity index (χ0) is 64.1. The maximum Gasteiger partial charge on any atom is 0.472 e. The summed E-state index contributed by atoms with van der Waals surface area (Å²) >= 11 is 0. The van der Waals surface area contributed by atoms with E-state index in [9.17, 15) is 19.0 Å². The van der Waals surface area contributed by atoms with Crippen LogP contribution < -0.4 is 0 Å². The molecule has 0 aliphatic carbocycles. The maximum absolute atomic E-state index is 12.9. The van der Waals surface area contributed by atoms with Gasteiger partial charge in [-0.25, -0.2) is 4.57 Å². The number of rotatable bonds is 72. The fourth-order valence-corrected chi connectivity index (χ4v) is 12.3. The summed E-state index contributed by atoms with van der Waals surface area (Å²) in [6.45, 7) is 4.39. The number of unbranched alkanes of at least 4 members (excludes halogenated alkanes) is 50. The molecule has 10 heteroatoms. The highest BCUT2D eigenvalue weighted by molar-refractivity contribution is 7.47. The van der Waals surface area contributed by atoms with Crippen molar-refractivity contribution >= 4 is 19.8 Å². The van der Waals surface area contributed by atoms with Crippen molar-refractivity contribution in [2.24, 2.45) is 0 Å². The average Bonchev–Trinajstić information content (AvgIpc) is 3.57. The van der Waals surface area contributed by atoms with Crippen LogP contribution in [0.4, 0.5) is 0 Å². The molecule has 0 amide bonds. The fourth-order valence-electron chi connectivity index (χ4n) is 11.5. The summed E-state index contributed by atoms with van der Waals surface area (Å²) in [6.07, 6.45) is 91.2. The average molecular weight is 1260 g/mol. The molecule has 88 heavy (non-hydrogen) atoms. The number of hydrogen-bond acceptors (Lipinski definition) is 7. The van der Waals surface area contributed by atoms with Gasteiger partial charge in [-0.3, -0.25) is 18.6 Å². The Labute approximate surface area is 547 Å². The summed E-state index contributed by atoms with van der Waals surface area (Å²) in [5, 5.41) is 0. The fraction of sp³-hybridized carbons (Fsp3) is 0.872. The number of likely N-dealkylation sites (N-methyl/N-ethyl adjacent to an activating group) is 1. The molecule has 0 spiro atoms. The second-order valence-electron chi connectivity index (χ2n) is 27.4. The van der Waals surface area contributed by atoms with Crippen molar-refractivity contribution in [3.8, 4) is 0 Å². The number of esters is 2. The lowest BCUT2D eigenvalue weighted by atomic mass is 10.0. The van der Waals surface area contributed by atoms with Gasteiger partial charge in [0.25, 0.3) is 0 Å². The minimum absolute atomic E-state index is 0.0325. The summed E-state index contributed by atoms with van der Waals surface area (Å²) < 4.78 is 34.8. The van der Waals surface area contributed by atoms with Crippen LogP contribution in [0.1, 0.15) is 386 Å². The van der Waals surface area contributed by atoms with Crippen molar-refractivity contribution in [3.63, 3.8) is 0 Å². The van der Waals surface area contributed by atoms with E-state index in [0.717, 1.165) is 64.2 Å². The van der Waals surface area contributed by atoms with E-state index in [4.69, 9.17) is 18.5 Å². The molecule has 518 valence electrons. The van der Waals surface area contributed by atoms with Gasteiger partial charge in [-0.15, -0.1) is 0 Å². The van der Waals surface area contributed by atoms with E-state index >= 15 is 0 Å². The monoisotopic (exact) mass is 1260 g/mol. The molecule has 2 atom stereocenters. The van der Waals surface area contributed by atoms with Gasteiger partial charge in [-0.05, 0) is 51.4 Å². The number of ether oxygens (including phenoxy) is 2. The molecule has 0 aromatic rings. The molecule has 0 aromatic heterocycles. The molecule has 2 unspecified atom stereocenters. The number of allylic oxidation sites excluding steroid dienone is 8. The molecule has 0 aromatic carbocycles. The quantitative estimate of drug-likeness (QED) is 0.0211. The van der Waals surface area contributed by atoms with Crippen LogP contribution in [-0.4, -0.2) is 74.9 Å². The van der Waals surface area contributed by atoms with E-state index in [1.54, 1.807) is 0 Å². The number of phosphoric acid groups is 1. The Morgan fingerprint density at radius 2 is 0.648 bits per heavy atom. The Kier molecular flexibility index (Phi) is 67.7. The van der Waals surface area contributed by atoms with Crippen LogP contribution in [0.25, 0.3) is 0 Å². The van der Waals surface area contributed by atoms with Gasteiger partial charge < -0.3 is 18.9 Å². The maximum atomic E-state index is 12.9. The number of carbonyl (C=O) groups excluding carboxylic acids is 2. The minimum Gasteiger partial charge on any atom is -0.462 e. The van der Waals surface area contributed by atoms with Gasteiger partial charge in [-0.2, -0.15) is 0 Å². The lowest BCUT2D eigenvalue weighted by Crippen LogP contribution is -2.37. The highest BCUT2D eigenvalue weighted by Gasteiger charge is 2.27. The third-order valence-corrected chi connectivity index (χ3v) is 18.4. The van der Waals surface area contributed by atoms with Crippen LogP contribution in [0, 0.1) is 0 Å². The third-order valence-electron chi connectivity index (χ3n) is 17.4. The van der Waals surface area contributed by atoms with Gasteiger partial charge in [0.15, 0.2) is 6.10 Å². The smallest absolute Gasteiger partial charge is 0.462 e. The predicted molar refractivity (Wildman–Crippen MR) is 381 cm³/mol. The topological polar surface area (TPSA) is 108 Å². The van der Waals surface area contributed by atoms with E-state index in [2.05, 4.69) is 62.5 Å².